The highest BCUT2D eigenvalue weighted by atomic mass is 19.1. The monoisotopic (exact) mass is 353 g/mol. The molecule has 0 aliphatic rings. The molecule has 0 bridgehead atoms. The second kappa shape index (κ2) is 7.97. The maximum Gasteiger partial charge on any atom is 0.341 e. The normalized spacial score (nSPS) is 12.2. The van der Waals surface area contributed by atoms with Gasteiger partial charge in [-0.3, -0.25) is 4.90 Å². The number of carbonyl (C=O) groups excluding carboxylic acids is 1. The molecule has 5 heteroatoms. The molecule has 1 atom stereocenters. The number of hydrogen-bond donors (Lipinski definition) is 0. The summed E-state index contributed by atoms with van der Waals surface area (Å²) in [4.78, 5) is 13.9. The Morgan fingerprint density at radius 1 is 1.08 bits per heavy atom. The molecule has 2 aromatic carbocycles. The van der Waals surface area contributed by atoms with E-state index in [9.17, 15) is 9.18 Å². The van der Waals surface area contributed by atoms with Gasteiger partial charge in [0.25, 0.3) is 0 Å². The van der Waals surface area contributed by atoms with Crippen molar-refractivity contribution < 1.29 is 18.3 Å². The summed E-state index contributed by atoms with van der Waals surface area (Å²) < 4.78 is 23.7. The predicted molar refractivity (Wildman–Crippen MR) is 96.2 cm³/mol. The Morgan fingerprint density at radius 3 is 2.38 bits per heavy atom. The molecule has 0 spiro atoms. The number of nitrogens with zero attached hydrogens (tertiary/aromatic N) is 1. The van der Waals surface area contributed by atoms with Crippen LogP contribution in [0.5, 0.6) is 0 Å². The van der Waals surface area contributed by atoms with Gasteiger partial charge in [-0.15, -0.1) is 0 Å². The van der Waals surface area contributed by atoms with Gasteiger partial charge in [-0.25, -0.2) is 9.18 Å². The van der Waals surface area contributed by atoms with E-state index in [4.69, 9.17) is 9.15 Å². The summed E-state index contributed by atoms with van der Waals surface area (Å²) in [6.45, 7) is 0.397. The molecule has 3 rings (SSSR count). The minimum absolute atomic E-state index is 0.118. The summed E-state index contributed by atoms with van der Waals surface area (Å²) >= 11 is 0. The van der Waals surface area contributed by atoms with Gasteiger partial charge >= 0.3 is 5.97 Å². The topological polar surface area (TPSA) is 42.7 Å². The summed E-state index contributed by atoms with van der Waals surface area (Å²) in [6.07, 6.45) is 1.48. The van der Waals surface area contributed by atoms with Crippen LogP contribution in [0.2, 0.25) is 0 Å². The van der Waals surface area contributed by atoms with Crippen molar-refractivity contribution in [2.24, 2.45) is 0 Å². The molecule has 26 heavy (non-hydrogen) atoms. The second-order valence-corrected chi connectivity index (χ2v) is 6.03. The van der Waals surface area contributed by atoms with E-state index in [0.717, 1.165) is 11.1 Å². The molecule has 0 aliphatic carbocycles. The third-order valence-corrected chi connectivity index (χ3v) is 4.29. The van der Waals surface area contributed by atoms with E-state index in [1.807, 2.05) is 42.3 Å². The van der Waals surface area contributed by atoms with Crippen LogP contribution in [-0.4, -0.2) is 25.0 Å². The van der Waals surface area contributed by atoms with Crippen molar-refractivity contribution >= 4 is 5.97 Å². The summed E-state index contributed by atoms with van der Waals surface area (Å²) in [7, 11) is 3.28. The summed E-state index contributed by atoms with van der Waals surface area (Å²) in [5, 5.41) is 0. The van der Waals surface area contributed by atoms with E-state index in [-0.39, 0.29) is 11.9 Å². The molecule has 0 N–H and O–H groups in total. The Balaban J connectivity index is 1.93. The standard InChI is InChI=1S/C21H20FNO3/c1-23(14-19-18(12-13-26-19)21(24)25-2)20(15-6-4-3-5-7-15)16-8-10-17(22)11-9-16/h3-13,20H,14H2,1-2H3. The van der Waals surface area contributed by atoms with Crippen LogP contribution in [0, 0.1) is 5.82 Å². The fraction of sp³-hybridized carbons (Fsp3) is 0.190. The van der Waals surface area contributed by atoms with E-state index >= 15 is 0 Å². The van der Waals surface area contributed by atoms with Crippen molar-refractivity contribution in [1.29, 1.82) is 0 Å². The molecule has 3 aromatic rings. The molecule has 0 fully saturated rings. The lowest BCUT2D eigenvalue weighted by atomic mass is 9.97. The van der Waals surface area contributed by atoms with Crippen LogP contribution in [0.15, 0.2) is 71.3 Å². The lowest BCUT2D eigenvalue weighted by Gasteiger charge is -2.28. The first-order valence-electron chi connectivity index (χ1n) is 8.25. The van der Waals surface area contributed by atoms with Crippen molar-refractivity contribution in [3.63, 3.8) is 0 Å². The van der Waals surface area contributed by atoms with Gasteiger partial charge < -0.3 is 9.15 Å². The van der Waals surface area contributed by atoms with Crippen LogP contribution in [0.3, 0.4) is 0 Å². The quantitative estimate of drug-likeness (QED) is 0.615. The average Bonchev–Trinajstić information content (AvgIpc) is 3.12. The number of esters is 1. The van der Waals surface area contributed by atoms with Crippen molar-refractivity contribution in [3.8, 4) is 0 Å². The van der Waals surface area contributed by atoms with Gasteiger partial charge in [-0.1, -0.05) is 42.5 Å². The number of carbonyl (C=O) groups is 1. The van der Waals surface area contributed by atoms with Crippen molar-refractivity contribution in [1.82, 2.24) is 4.90 Å². The molecule has 1 unspecified atom stereocenters. The van der Waals surface area contributed by atoms with Gasteiger partial charge in [-0.2, -0.15) is 0 Å². The molecule has 0 amide bonds. The zero-order valence-corrected chi connectivity index (χ0v) is 14.7. The SMILES string of the molecule is COC(=O)c1ccoc1CN(C)C(c1ccccc1)c1ccc(F)cc1. The van der Waals surface area contributed by atoms with Gasteiger partial charge in [0.15, 0.2) is 0 Å². The number of halogens is 1. The average molecular weight is 353 g/mol. The third kappa shape index (κ3) is 3.83. The molecule has 134 valence electrons. The van der Waals surface area contributed by atoms with Crippen molar-refractivity contribution in [2.45, 2.75) is 12.6 Å². The highest BCUT2D eigenvalue weighted by Gasteiger charge is 2.23. The van der Waals surface area contributed by atoms with E-state index in [0.29, 0.717) is 17.9 Å². The third-order valence-electron chi connectivity index (χ3n) is 4.29. The Kier molecular flexibility index (Phi) is 5.49. The number of methoxy groups -OCH3 is 1. The first-order chi connectivity index (χ1) is 12.6. The Labute approximate surface area is 151 Å². The molecule has 0 aliphatic heterocycles. The molecular formula is C21H20FNO3. The summed E-state index contributed by atoms with van der Waals surface area (Å²) in [5.41, 5.74) is 2.42. The zero-order valence-electron chi connectivity index (χ0n) is 14.7. The van der Waals surface area contributed by atoms with E-state index in [1.54, 1.807) is 18.2 Å². The largest absolute Gasteiger partial charge is 0.467 e. The highest BCUT2D eigenvalue weighted by molar-refractivity contribution is 5.90. The summed E-state index contributed by atoms with van der Waals surface area (Å²) in [6, 6.07) is 17.8. The Morgan fingerprint density at radius 2 is 1.73 bits per heavy atom. The van der Waals surface area contributed by atoms with Gasteiger partial charge in [0, 0.05) is 0 Å². The maximum atomic E-state index is 13.4. The lowest BCUT2D eigenvalue weighted by Crippen LogP contribution is -2.26. The van der Waals surface area contributed by atoms with Crippen LogP contribution in [-0.2, 0) is 11.3 Å². The first kappa shape index (κ1) is 17.9. The number of hydrogen-bond acceptors (Lipinski definition) is 4. The van der Waals surface area contributed by atoms with Crippen LogP contribution in [0.1, 0.15) is 33.3 Å². The summed E-state index contributed by atoms with van der Waals surface area (Å²) in [5.74, 6) is -0.176. The Hall–Kier alpha value is -2.92. The van der Waals surface area contributed by atoms with Gasteiger partial charge in [-0.05, 0) is 36.4 Å². The van der Waals surface area contributed by atoms with Gasteiger partial charge in [0.1, 0.15) is 17.1 Å². The number of rotatable bonds is 6. The van der Waals surface area contributed by atoms with Gasteiger partial charge in [0.2, 0.25) is 0 Å². The second-order valence-electron chi connectivity index (χ2n) is 6.03. The van der Waals surface area contributed by atoms with Crippen LogP contribution >= 0.6 is 0 Å². The molecule has 0 saturated heterocycles. The molecule has 1 heterocycles. The predicted octanol–water partition coefficient (Wildman–Crippen LogP) is 4.43. The van der Waals surface area contributed by atoms with Crippen LogP contribution in [0.25, 0.3) is 0 Å². The van der Waals surface area contributed by atoms with E-state index < -0.39 is 5.97 Å². The zero-order chi connectivity index (χ0) is 18.5. The number of benzene rings is 2. The highest BCUT2D eigenvalue weighted by Crippen LogP contribution is 2.29. The van der Waals surface area contributed by atoms with E-state index in [2.05, 4.69) is 0 Å². The molecule has 1 aromatic heterocycles. The van der Waals surface area contributed by atoms with E-state index in [1.165, 1.54) is 25.5 Å². The number of ether oxygens (including phenoxy) is 1. The smallest absolute Gasteiger partial charge is 0.341 e. The number of furan rings is 1. The van der Waals surface area contributed by atoms with Crippen molar-refractivity contribution in [3.05, 3.63) is 95.2 Å². The molecule has 0 radical (unpaired) electrons. The van der Waals surface area contributed by atoms with Crippen LogP contribution in [0.4, 0.5) is 4.39 Å². The van der Waals surface area contributed by atoms with Crippen LogP contribution < -0.4 is 0 Å². The molecular weight excluding hydrogens is 333 g/mol. The van der Waals surface area contributed by atoms with Crippen molar-refractivity contribution in [2.75, 3.05) is 14.2 Å². The minimum atomic E-state index is -0.430. The maximum absolute atomic E-state index is 13.4. The molecule has 4 nitrogen and oxygen atoms in total. The first-order valence-corrected chi connectivity index (χ1v) is 8.25. The Bertz CT molecular complexity index is 858. The fourth-order valence-electron chi connectivity index (χ4n) is 3.05. The minimum Gasteiger partial charge on any atom is -0.467 e. The van der Waals surface area contributed by atoms with Gasteiger partial charge in [0.05, 0.1) is 26.0 Å². The fourth-order valence-corrected chi connectivity index (χ4v) is 3.05. The lowest BCUT2D eigenvalue weighted by molar-refractivity contribution is 0.0596. The molecule has 0 saturated carbocycles.